The zero-order chi connectivity index (χ0) is 13.7. The van der Waals surface area contributed by atoms with E-state index in [9.17, 15) is 9.59 Å². The van der Waals surface area contributed by atoms with Crippen molar-refractivity contribution in [3.05, 3.63) is 16.6 Å². The molecule has 104 valence electrons. The van der Waals surface area contributed by atoms with Crippen LogP contribution < -0.4 is 0 Å². The smallest absolute Gasteiger partial charge is 0.305 e. The van der Waals surface area contributed by atoms with Gasteiger partial charge in [-0.2, -0.15) is 0 Å². The van der Waals surface area contributed by atoms with Crippen LogP contribution in [0.5, 0.6) is 0 Å². The summed E-state index contributed by atoms with van der Waals surface area (Å²) in [5.41, 5.74) is 1.99. The lowest BCUT2D eigenvalue weighted by Crippen LogP contribution is -2.44. The number of rotatable bonds is 5. The van der Waals surface area contributed by atoms with Crippen LogP contribution in [0, 0.1) is 0 Å². The van der Waals surface area contributed by atoms with Gasteiger partial charge in [-0.15, -0.1) is 11.3 Å². The summed E-state index contributed by atoms with van der Waals surface area (Å²) < 4.78 is 5.28. The van der Waals surface area contributed by atoms with E-state index in [1.807, 2.05) is 0 Å². The Balaban J connectivity index is 2.08. The summed E-state index contributed by atoms with van der Waals surface area (Å²) in [5.74, 6) is -1.09. The van der Waals surface area contributed by atoms with E-state index in [1.54, 1.807) is 15.8 Å². The van der Waals surface area contributed by atoms with Crippen molar-refractivity contribution in [2.75, 3.05) is 19.8 Å². The topological polar surface area (TPSA) is 79.7 Å². The number of aliphatic carboxylic acids is 1. The van der Waals surface area contributed by atoms with Crippen molar-refractivity contribution in [1.82, 2.24) is 9.88 Å². The largest absolute Gasteiger partial charge is 0.481 e. The number of hydrogen-bond donors (Lipinski definition) is 1. The van der Waals surface area contributed by atoms with E-state index in [1.165, 1.54) is 11.3 Å². The molecule has 0 bridgehead atoms. The molecule has 0 saturated carbocycles. The molecule has 19 heavy (non-hydrogen) atoms. The number of thiazole rings is 1. The van der Waals surface area contributed by atoms with Crippen LogP contribution in [0.2, 0.25) is 0 Å². The molecule has 1 saturated heterocycles. The van der Waals surface area contributed by atoms with Crippen LogP contribution >= 0.6 is 11.3 Å². The number of carboxylic acids is 1. The fourth-order valence-corrected chi connectivity index (χ4v) is 2.65. The van der Waals surface area contributed by atoms with Crippen LogP contribution in [0.15, 0.2) is 10.9 Å². The second-order valence-corrected chi connectivity index (χ2v) is 5.08. The summed E-state index contributed by atoms with van der Waals surface area (Å²) in [4.78, 5) is 28.7. The van der Waals surface area contributed by atoms with Crippen molar-refractivity contribution in [3.63, 3.8) is 0 Å². The van der Waals surface area contributed by atoms with E-state index < -0.39 is 5.97 Å². The third-order valence-electron chi connectivity index (χ3n) is 3.11. The highest BCUT2D eigenvalue weighted by Crippen LogP contribution is 2.18. The molecule has 1 aromatic rings. The van der Waals surface area contributed by atoms with Gasteiger partial charge in [0.1, 0.15) is 5.69 Å². The predicted molar refractivity (Wildman–Crippen MR) is 69.2 cm³/mol. The first-order chi connectivity index (χ1) is 9.18. The second-order valence-electron chi connectivity index (χ2n) is 4.36. The van der Waals surface area contributed by atoms with Gasteiger partial charge in [-0.25, -0.2) is 4.98 Å². The minimum atomic E-state index is -0.900. The summed E-state index contributed by atoms with van der Waals surface area (Å²) in [6, 6.07) is 0.0438. The van der Waals surface area contributed by atoms with Gasteiger partial charge in [0, 0.05) is 31.2 Å². The molecule has 0 aromatic carbocycles. The Bertz CT molecular complexity index is 429. The molecule has 2 rings (SSSR count). The van der Waals surface area contributed by atoms with Gasteiger partial charge in [-0.05, 0) is 12.8 Å². The summed E-state index contributed by atoms with van der Waals surface area (Å²) in [7, 11) is 0. The Morgan fingerprint density at radius 2 is 2.21 bits per heavy atom. The summed E-state index contributed by atoms with van der Waals surface area (Å²) in [6.45, 7) is 1.44. The highest BCUT2D eigenvalue weighted by atomic mass is 32.1. The fourth-order valence-electron chi connectivity index (χ4n) is 2.13. The van der Waals surface area contributed by atoms with Gasteiger partial charge < -0.3 is 14.7 Å². The fraction of sp³-hybridized carbons (Fsp3) is 0.583. The molecule has 7 heteroatoms. The van der Waals surface area contributed by atoms with E-state index in [-0.39, 0.29) is 24.9 Å². The molecule has 1 fully saturated rings. The first-order valence-corrected chi connectivity index (χ1v) is 7.11. The lowest BCUT2D eigenvalue weighted by atomic mass is 10.1. The maximum Gasteiger partial charge on any atom is 0.305 e. The van der Waals surface area contributed by atoms with E-state index in [2.05, 4.69) is 4.98 Å². The van der Waals surface area contributed by atoms with E-state index in [0.29, 0.717) is 18.9 Å². The highest BCUT2D eigenvalue weighted by Gasteiger charge is 2.27. The number of carbonyl (C=O) groups is 2. The maximum absolute atomic E-state index is 12.4. The molecule has 1 amide bonds. The van der Waals surface area contributed by atoms with Crippen molar-refractivity contribution >= 4 is 23.2 Å². The van der Waals surface area contributed by atoms with Gasteiger partial charge in [0.05, 0.1) is 11.9 Å². The Morgan fingerprint density at radius 1 is 1.47 bits per heavy atom. The molecular formula is C12H16N2O4S. The van der Waals surface area contributed by atoms with Crippen LogP contribution in [0.3, 0.4) is 0 Å². The Kier molecular flexibility index (Phi) is 4.86. The van der Waals surface area contributed by atoms with Crippen LogP contribution in [0.1, 0.15) is 29.8 Å². The molecule has 1 aliphatic heterocycles. The van der Waals surface area contributed by atoms with Crippen molar-refractivity contribution in [2.45, 2.75) is 25.3 Å². The summed E-state index contributed by atoms with van der Waals surface area (Å²) >= 11 is 1.36. The van der Waals surface area contributed by atoms with Gasteiger partial charge in [0.2, 0.25) is 0 Å². The molecule has 1 aromatic heterocycles. The number of hydrogen-bond acceptors (Lipinski definition) is 5. The average Bonchev–Trinajstić information content (AvgIpc) is 2.93. The van der Waals surface area contributed by atoms with Gasteiger partial charge >= 0.3 is 5.97 Å². The molecule has 0 unspecified atom stereocenters. The second kappa shape index (κ2) is 6.63. The lowest BCUT2D eigenvalue weighted by Gasteiger charge is -2.33. The molecule has 1 N–H and O–H groups in total. The number of nitrogens with zero attached hydrogens (tertiary/aromatic N) is 2. The highest BCUT2D eigenvalue weighted by molar-refractivity contribution is 7.07. The number of ether oxygens (including phenoxy) is 1. The SMILES string of the molecule is O=C(O)CCN(C(=O)c1cscn1)C1CCOCC1. The molecule has 0 aliphatic carbocycles. The Labute approximate surface area is 115 Å². The zero-order valence-electron chi connectivity index (χ0n) is 10.4. The molecule has 1 aliphatic rings. The third-order valence-corrected chi connectivity index (χ3v) is 3.70. The van der Waals surface area contributed by atoms with Crippen molar-refractivity contribution in [3.8, 4) is 0 Å². The monoisotopic (exact) mass is 284 g/mol. The maximum atomic E-state index is 12.4. The van der Waals surface area contributed by atoms with Crippen LogP contribution in [-0.4, -0.2) is 52.7 Å². The molecule has 0 spiro atoms. The number of carbonyl (C=O) groups excluding carboxylic acids is 1. The van der Waals surface area contributed by atoms with Crippen molar-refractivity contribution in [1.29, 1.82) is 0 Å². The molecular weight excluding hydrogens is 268 g/mol. The molecule has 0 atom stereocenters. The summed E-state index contributed by atoms with van der Waals surface area (Å²) in [6.07, 6.45) is 1.44. The van der Waals surface area contributed by atoms with Gasteiger partial charge in [0.25, 0.3) is 5.91 Å². The standard InChI is InChI=1S/C12H16N2O4S/c15-11(16)1-4-14(9-2-5-18-6-3-9)12(17)10-7-19-8-13-10/h7-9H,1-6H2,(H,15,16). The zero-order valence-corrected chi connectivity index (χ0v) is 11.3. The van der Waals surface area contributed by atoms with Gasteiger partial charge in [0.15, 0.2) is 0 Å². The Morgan fingerprint density at radius 3 is 2.79 bits per heavy atom. The number of aromatic nitrogens is 1. The minimum absolute atomic E-state index is 0.0438. The minimum Gasteiger partial charge on any atom is -0.481 e. The normalized spacial score (nSPS) is 16.2. The molecule has 6 nitrogen and oxygen atoms in total. The first-order valence-electron chi connectivity index (χ1n) is 6.17. The Hall–Kier alpha value is -1.47. The van der Waals surface area contributed by atoms with E-state index >= 15 is 0 Å². The van der Waals surface area contributed by atoms with E-state index in [4.69, 9.17) is 9.84 Å². The van der Waals surface area contributed by atoms with Gasteiger partial charge in [-0.1, -0.05) is 0 Å². The van der Waals surface area contributed by atoms with Crippen molar-refractivity contribution in [2.24, 2.45) is 0 Å². The van der Waals surface area contributed by atoms with Crippen LogP contribution in [-0.2, 0) is 9.53 Å². The predicted octanol–water partition coefficient (Wildman–Crippen LogP) is 1.24. The third kappa shape index (κ3) is 3.74. The molecule has 0 radical (unpaired) electrons. The first kappa shape index (κ1) is 14.0. The number of carboxylic acid groups (broad SMARTS) is 1. The quantitative estimate of drug-likeness (QED) is 0.880. The van der Waals surface area contributed by atoms with Crippen molar-refractivity contribution < 1.29 is 19.4 Å². The molecule has 2 heterocycles. The van der Waals surface area contributed by atoms with Crippen LogP contribution in [0.25, 0.3) is 0 Å². The lowest BCUT2D eigenvalue weighted by molar-refractivity contribution is -0.137. The van der Waals surface area contributed by atoms with E-state index in [0.717, 1.165) is 12.8 Å². The summed E-state index contributed by atoms with van der Waals surface area (Å²) in [5, 5.41) is 10.5. The average molecular weight is 284 g/mol. The number of amides is 1. The van der Waals surface area contributed by atoms with Crippen LogP contribution in [0.4, 0.5) is 0 Å². The van der Waals surface area contributed by atoms with Gasteiger partial charge in [-0.3, -0.25) is 9.59 Å².